The molecule has 20 heavy (non-hydrogen) atoms. The van der Waals surface area contributed by atoms with E-state index in [0.717, 1.165) is 23.9 Å². The summed E-state index contributed by atoms with van der Waals surface area (Å²) >= 11 is 1.16. The number of benzene rings is 1. The van der Waals surface area contributed by atoms with Crippen molar-refractivity contribution >= 4 is 17.7 Å². The maximum Gasteiger partial charge on any atom is 0.233 e. The first-order valence-corrected chi connectivity index (χ1v) is 6.86. The highest BCUT2D eigenvalue weighted by molar-refractivity contribution is 8.00. The molecule has 2 aromatic rings. The third-order valence-corrected chi connectivity index (χ3v) is 3.68. The molecule has 6 heteroatoms. The number of thioether (sulfide) groups is 1. The molecular formula is C14H13F2NO2S. The molecule has 0 saturated carbocycles. The van der Waals surface area contributed by atoms with E-state index in [9.17, 15) is 13.6 Å². The van der Waals surface area contributed by atoms with Gasteiger partial charge >= 0.3 is 0 Å². The fraction of sp³-hybridized carbons (Fsp3) is 0.214. The van der Waals surface area contributed by atoms with Gasteiger partial charge in [-0.2, -0.15) is 0 Å². The number of rotatable bonds is 5. The molecule has 1 atom stereocenters. The Morgan fingerprint density at radius 2 is 2.15 bits per heavy atom. The summed E-state index contributed by atoms with van der Waals surface area (Å²) in [7, 11) is 0. The van der Waals surface area contributed by atoms with Crippen molar-refractivity contribution < 1.29 is 18.0 Å². The molecule has 0 aliphatic carbocycles. The predicted molar refractivity (Wildman–Crippen MR) is 72.2 cm³/mol. The van der Waals surface area contributed by atoms with Gasteiger partial charge in [-0.05, 0) is 37.3 Å². The van der Waals surface area contributed by atoms with Crippen LogP contribution in [0.4, 0.5) is 8.78 Å². The molecule has 0 aliphatic rings. The second-order valence-corrected chi connectivity index (χ2v) is 5.55. The monoisotopic (exact) mass is 297 g/mol. The van der Waals surface area contributed by atoms with E-state index in [1.807, 2.05) is 0 Å². The maximum atomic E-state index is 13.1. The van der Waals surface area contributed by atoms with Gasteiger partial charge in [0.1, 0.15) is 5.76 Å². The second kappa shape index (κ2) is 6.56. The van der Waals surface area contributed by atoms with Crippen molar-refractivity contribution in [2.45, 2.75) is 23.6 Å². The summed E-state index contributed by atoms with van der Waals surface area (Å²) in [5, 5.41) is 2.29. The zero-order valence-electron chi connectivity index (χ0n) is 10.7. The Hall–Kier alpha value is -1.82. The summed E-state index contributed by atoms with van der Waals surface area (Å²) in [6, 6.07) is 7.06. The first-order chi connectivity index (χ1) is 9.56. The van der Waals surface area contributed by atoms with Crippen LogP contribution in [0.1, 0.15) is 12.7 Å². The van der Waals surface area contributed by atoms with E-state index >= 15 is 0 Å². The van der Waals surface area contributed by atoms with Crippen molar-refractivity contribution in [2.24, 2.45) is 0 Å². The normalized spacial score (nSPS) is 12.2. The van der Waals surface area contributed by atoms with Crippen LogP contribution in [-0.2, 0) is 11.3 Å². The van der Waals surface area contributed by atoms with Crippen LogP contribution < -0.4 is 5.32 Å². The molecule has 2 rings (SSSR count). The molecule has 0 radical (unpaired) electrons. The number of carbonyl (C=O) groups excluding carboxylic acids is 1. The summed E-state index contributed by atoms with van der Waals surface area (Å²) in [5.74, 6) is -1.36. The van der Waals surface area contributed by atoms with Gasteiger partial charge in [0.15, 0.2) is 11.6 Å². The first kappa shape index (κ1) is 14.6. The standard InChI is InChI=1S/C14H13F2NO2S/c1-9(14(18)17-8-10-3-2-6-19-10)20-11-4-5-12(15)13(16)7-11/h2-7,9H,8H2,1H3,(H,17,18)/t9-/m1/s1. The Labute approximate surface area is 119 Å². The van der Waals surface area contributed by atoms with Crippen molar-refractivity contribution in [3.63, 3.8) is 0 Å². The van der Waals surface area contributed by atoms with Crippen LogP contribution in [-0.4, -0.2) is 11.2 Å². The number of hydrogen-bond acceptors (Lipinski definition) is 3. The van der Waals surface area contributed by atoms with Gasteiger partial charge in [0, 0.05) is 4.90 Å². The van der Waals surface area contributed by atoms with Crippen LogP contribution in [0, 0.1) is 11.6 Å². The SMILES string of the molecule is C[C@@H](Sc1ccc(F)c(F)c1)C(=O)NCc1ccco1. The van der Waals surface area contributed by atoms with Crippen LogP contribution in [0.5, 0.6) is 0 Å². The Kier molecular flexibility index (Phi) is 4.79. The van der Waals surface area contributed by atoms with Gasteiger partial charge in [-0.1, -0.05) is 0 Å². The zero-order chi connectivity index (χ0) is 14.5. The van der Waals surface area contributed by atoms with Gasteiger partial charge in [0.25, 0.3) is 0 Å². The van der Waals surface area contributed by atoms with Gasteiger partial charge in [-0.3, -0.25) is 4.79 Å². The van der Waals surface area contributed by atoms with Gasteiger partial charge in [0.2, 0.25) is 5.91 Å². The second-order valence-electron chi connectivity index (χ2n) is 4.13. The molecule has 1 N–H and O–H groups in total. The number of halogens is 2. The number of furan rings is 1. The van der Waals surface area contributed by atoms with Crippen molar-refractivity contribution in [3.8, 4) is 0 Å². The van der Waals surface area contributed by atoms with E-state index in [1.54, 1.807) is 19.1 Å². The van der Waals surface area contributed by atoms with Crippen molar-refractivity contribution in [1.82, 2.24) is 5.32 Å². The molecular weight excluding hydrogens is 284 g/mol. The van der Waals surface area contributed by atoms with Crippen molar-refractivity contribution in [1.29, 1.82) is 0 Å². The summed E-state index contributed by atoms with van der Waals surface area (Å²) in [4.78, 5) is 12.4. The summed E-state index contributed by atoms with van der Waals surface area (Å²) in [5.41, 5.74) is 0. The van der Waals surface area contributed by atoms with Crippen LogP contribution in [0.25, 0.3) is 0 Å². The van der Waals surface area contributed by atoms with Gasteiger partial charge < -0.3 is 9.73 Å². The van der Waals surface area contributed by atoms with Crippen LogP contribution in [0.3, 0.4) is 0 Å². The highest BCUT2D eigenvalue weighted by Gasteiger charge is 2.15. The lowest BCUT2D eigenvalue weighted by molar-refractivity contribution is -0.120. The van der Waals surface area contributed by atoms with Crippen LogP contribution in [0.2, 0.25) is 0 Å². The Morgan fingerprint density at radius 3 is 2.80 bits per heavy atom. The molecule has 1 aromatic carbocycles. The van der Waals surface area contributed by atoms with E-state index in [2.05, 4.69) is 5.32 Å². The Balaban J connectivity index is 1.88. The maximum absolute atomic E-state index is 13.1. The summed E-state index contributed by atoms with van der Waals surface area (Å²) < 4.78 is 31.0. The molecule has 1 aromatic heterocycles. The number of nitrogens with one attached hydrogen (secondary N) is 1. The minimum atomic E-state index is -0.918. The third kappa shape index (κ3) is 3.84. The molecule has 0 spiro atoms. The average Bonchev–Trinajstić information content (AvgIpc) is 2.93. The van der Waals surface area contributed by atoms with Crippen LogP contribution in [0.15, 0.2) is 45.9 Å². The quantitative estimate of drug-likeness (QED) is 0.861. The van der Waals surface area contributed by atoms with Gasteiger partial charge in [-0.25, -0.2) is 8.78 Å². The lowest BCUT2D eigenvalue weighted by Gasteiger charge is -2.11. The fourth-order valence-electron chi connectivity index (χ4n) is 1.54. The first-order valence-electron chi connectivity index (χ1n) is 5.98. The van der Waals surface area contributed by atoms with Gasteiger partial charge in [0.05, 0.1) is 18.1 Å². The molecule has 0 fully saturated rings. The van der Waals surface area contributed by atoms with Crippen molar-refractivity contribution in [2.75, 3.05) is 0 Å². The molecule has 1 heterocycles. The van der Waals surface area contributed by atoms with E-state index in [0.29, 0.717) is 17.2 Å². The van der Waals surface area contributed by atoms with Gasteiger partial charge in [-0.15, -0.1) is 11.8 Å². The minimum absolute atomic E-state index is 0.198. The van der Waals surface area contributed by atoms with E-state index in [1.165, 1.54) is 12.3 Å². The molecule has 0 unspecified atom stereocenters. The highest BCUT2D eigenvalue weighted by Crippen LogP contribution is 2.24. The Morgan fingerprint density at radius 1 is 1.35 bits per heavy atom. The molecule has 0 bridgehead atoms. The highest BCUT2D eigenvalue weighted by atomic mass is 32.2. The van der Waals surface area contributed by atoms with Crippen molar-refractivity contribution in [3.05, 3.63) is 54.0 Å². The minimum Gasteiger partial charge on any atom is -0.467 e. The smallest absolute Gasteiger partial charge is 0.233 e. The van der Waals surface area contributed by atoms with E-state index in [4.69, 9.17) is 4.42 Å². The molecule has 106 valence electrons. The average molecular weight is 297 g/mol. The number of hydrogen-bond donors (Lipinski definition) is 1. The van der Waals surface area contributed by atoms with E-state index in [-0.39, 0.29) is 5.91 Å². The topological polar surface area (TPSA) is 42.2 Å². The third-order valence-electron chi connectivity index (χ3n) is 2.59. The molecule has 0 aliphatic heterocycles. The van der Waals surface area contributed by atoms with Crippen LogP contribution >= 0.6 is 11.8 Å². The molecule has 0 saturated heterocycles. The fourth-order valence-corrected chi connectivity index (χ4v) is 2.46. The zero-order valence-corrected chi connectivity index (χ0v) is 11.5. The summed E-state index contributed by atoms with van der Waals surface area (Å²) in [6.07, 6.45) is 1.53. The lowest BCUT2D eigenvalue weighted by atomic mass is 10.3. The summed E-state index contributed by atoms with van der Waals surface area (Å²) in [6.45, 7) is 2.00. The Bertz CT molecular complexity index is 587. The van der Waals surface area contributed by atoms with E-state index < -0.39 is 16.9 Å². The number of carbonyl (C=O) groups is 1. The lowest BCUT2D eigenvalue weighted by Crippen LogP contribution is -2.30. The molecule has 3 nitrogen and oxygen atoms in total. The predicted octanol–water partition coefficient (Wildman–Crippen LogP) is 3.35. The molecule has 1 amide bonds. The largest absolute Gasteiger partial charge is 0.467 e. The number of amides is 1.